The zero-order valence-electron chi connectivity index (χ0n) is 7.68. The van der Waals surface area contributed by atoms with E-state index in [2.05, 4.69) is 10.3 Å². The third-order valence-electron chi connectivity index (χ3n) is 2.53. The van der Waals surface area contributed by atoms with Crippen molar-refractivity contribution in [3.05, 3.63) is 29.3 Å². The molecule has 0 bridgehead atoms. The summed E-state index contributed by atoms with van der Waals surface area (Å²) in [6, 6.07) is 3.65. The summed E-state index contributed by atoms with van der Waals surface area (Å²) in [5.74, 6) is -0.390. The van der Waals surface area contributed by atoms with Crippen LogP contribution in [0.2, 0.25) is 0 Å². The fraction of sp³-hybridized carbons (Fsp3) is 0.500. The van der Waals surface area contributed by atoms with Crippen LogP contribution in [0.1, 0.15) is 30.1 Å². The highest BCUT2D eigenvalue weighted by molar-refractivity contribution is 5.23. The maximum absolute atomic E-state index is 12.7. The molecule has 1 aromatic heterocycles. The van der Waals surface area contributed by atoms with Crippen LogP contribution in [0.15, 0.2) is 12.1 Å². The second-order valence-corrected chi connectivity index (χ2v) is 3.46. The van der Waals surface area contributed by atoms with Crippen molar-refractivity contribution >= 4 is 0 Å². The van der Waals surface area contributed by atoms with Gasteiger partial charge in [0.1, 0.15) is 0 Å². The monoisotopic (exact) mass is 180 g/mol. The highest BCUT2D eigenvalue weighted by Crippen LogP contribution is 2.24. The molecule has 0 spiro atoms. The van der Waals surface area contributed by atoms with Crippen molar-refractivity contribution in [3.63, 3.8) is 0 Å². The summed E-state index contributed by atoms with van der Waals surface area (Å²) < 4.78 is 12.7. The number of nitrogens with one attached hydrogen (secondary N) is 1. The lowest BCUT2D eigenvalue weighted by molar-refractivity contribution is 0.569. The van der Waals surface area contributed by atoms with Gasteiger partial charge in [-0.3, -0.25) is 0 Å². The van der Waals surface area contributed by atoms with E-state index in [4.69, 9.17) is 0 Å². The first kappa shape index (κ1) is 8.63. The standard InChI is InChI=1S/C10H13FN2/c1-7-8(4-5-10(11)13-7)9-3-2-6-12-9/h4-5,9,12H,2-3,6H2,1H3/t9-/m0/s1. The third-order valence-corrected chi connectivity index (χ3v) is 2.53. The predicted octanol–water partition coefficient (Wildman–Crippen LogP) is 1.95. The van der Waals surface area contributed by atoms with Gasteiger partial charge in [-0.05, 0) is 37.9 Å². The Kier molecular flexibility index (Phi) is 2.27. The summed E-state index contributed by atoms with van der Waals surface area (Å²) in [5, 5.41) is 3.37. The zero-order valence-corrected chi connectivity index (χ0v) is 7.68. The van der Waals surface area contributed by atoms with Crippen LogP contribution in [0.25, 0.3) is 0 Å². The van der Waals surface area contributed by atoms with Crippen LogP contribution in [0, 0.1) is 12.9 Å². The van der Waals surface area contributed by atoms with E-state index in [0.29, 0.717) is 6.04 Å². The van der Waals surface area contributed by atoms with Crippen LogP contribution in [-0.2, 0) is 0 Å². The van der Waals surface area contributed by atoms with E-state index in [9.17, 15) is 4.39 Å². The molecule has 3 heteroatoms. The molecular formula is C10H13FN2. The Bertz CT molecular complexity index is 306. The predicted molar refractivity (Wildman–Crippen MR) is 48.9 cm³/mol. The number of halogens is 1. The summed E-state index contributed by atoms with van der Waals surface area (Å²) in [4.78, 5) is 3.81. The quantitative estimate of drug-likeness (QED) is 0.668. The lowest BCUT2D eigenvalue weighted by Crippen LogP contribution is -2.14. The lowest BCUT2D eigenvalue weighted by Gasteiger charge is -2.12. The van der Waals surface area contributed by atoms with E-state index in [1.807, 2.05) is 13.0 Å². The molecule has 0 aromatic carbocycles. The molecule has 2 heterocycles. The molecule has 1 aliphatic heterocycles. The van der Waals surface area contributed by atoms with Crippen LogP contribution < -0.4 is 5.32 Å². The molecule has 70 valence electrons. The summed E-state index contributed by atoms with van der Waals surface area (Å²) >= 11 is 0. The smallest absolute Gasteiger partial charge is 0.213 e. The third kappa shape index (κ3) is 1.70. The molecule has 1 aliphatic rings. The second kappa shape index (κ2) is 3.42. The molecule has 1 saturated heterocycles. The number of aryl methyl sites for hydroxylation is 1. The van der Waals surface area contributed by atoms with Gasteiger partial charge in [-0.15, -0.1) is 0 Å². The topological polar surface area (TPSA) is 24.9 Å². The minimum absolute atomic E-state index is 0.382. The van der Waals surface area contributed by atoms with Gasteiger partial charge >= 0.3 is 0 Å². The zero-order chi connectivity index (χ0) is 9.26. The minimum Gasteiger partial charge on any atom is -0.310 e. The first-order valence-corrected chi connectivity index (χ1v) is 4.64. The van der Waals surface area contributed by atoms with Crippen molar-refractivity contribution in [2.45, 2.75) is 25.8 Å². The van der Waals surface area contributed by atoms with Crippen molar-refractivity contribution in [2.24, 2.45) is 0 Å². The van der Waals surface area contributed by atoms with E-state index in [0.717, 1.165) is 24.2 Å². The van der Waals surface area contributed by atoms with E-state index in [1.165, 1.54) is 12.5 Å². The molecule has 1 N–H and O–H groups in total. The second-order valence-electron chi connectivity index (χ2n) is 3.46. The lowest BCUT2D eigenvalue weighted by atomic mass is 10.0. The first-order valence-electron chi connectivity index (χ1n) is 4.64. The van der Waals surface area contributed by atoms with Crippen molar-refractivity contribution in [1.29, 1.82) is 0 Å². The van der Waals surface area contributed by atoms with E-state index < -0.39 is 0 Å². The summed E-state index contributed by atoms with van der Waals surface area (Å²) in [7, 11) is 0. The maximum Gasteiger partial charge on any atom is 0.213 e. The number of nitrogens with zero attached hydrogens (tertiary/aromatic N) is 1. The Hall–Kier alpha value is -0.960. The van der Waals surface area contributed by atoms with Gasteiger partial charge in [0.2, 0.25) is 5.95 Å². The molecule has 0 amide bonds. The molecule has 13 heavy (non-hydrogen) atoms. The largest absolute Gasteiger partial charge is 0.310 e. The van der Waals surface area contributed by atoms with Crippen LogP contribution in [0.5, 0.6) is 0 Å². The van der Waals surface area contributed by atoms with Gasteiger partial charge in [-0.2, -0.15) is 4.39 Å². The Morgan fingerprint density at radius 1 is 1.54 bits per heavy atom. The minimum atomic E-state index is -0.390. The van der Waals surface area contributed by atoms with E-state index >= 15 is 0 Å². The number of pyridine rings is 1. The molecule has 0 saturated carbocycles. The SMILES string of the molecule is Cc1nc(F)ccc1[C@@H]1CCCN1. The van der Waals surface area contributed by atoms with Crippen molar-refractivity contribution in [1.82, 2.24) is 10.3 Å². The van der Waals surface area contributed by atoms with Crippen LogP contribution in [0.4, 0.5) is 4.39 Å². The molecule has 0 radical (unpaired) electrons. The average molecular weight is 180 g/mol. The van der Waals surface area contributed by atoms with Crippen LogP contribution >= 0.6 is 0 Å². The van der Waals surface area contributed by atoms with Gasteiger partial charge in [-0.1, -0.05) is 6.07 Å². The van der Waals surface area contributed by atoms with Crippen LogP contribution in [0.3, 0.4) is 0 Å². The van der Waals surface area contributed by atoms with Gasteiger partial charge in [0.25, 0.3) is 0 Å². The van der Waals surface area contributed by atoms with Crippen molar-refractivity contribution in [2.75, 3.05) is 6.54 Å². The Balaban J connectivity index is 2.29. The van der Waals surface area contributed by atoms with Gasteiger partial charge in [0, 0.05) is 11.7 Å². The Labute approximate surface area is 77.2 Å². The molecule has 2 nitrogen and oxygen atoms in total. The average Bonchev–Trinajstić information content (AvgIpc) is 2.56. The molecule has 1 fully saturated rings. The summed E-state index contributed by atoms with van der Waals surface area (Å²) in [6.45, 7) is 2.92. The van der Waals surface area contributed by atoms with Crippen molar-refractivity contribution in [3.8, 4) is 0 Å². The summed E-state index contributed by atoms with van der Waals surface area (Å²) in [6.07, 6.45) is 2.33. The number of rotatable bonds is 1. The molecule has 0 unspecified atom stereocenters. The Morgan fingerprint density at radius 2 is 2.38 bits per heavy atom. The van der Waals surface area contributed by atoms with Gasteiger partial charge in [0.15, 0.2) is 0 Å². The molecule has 2 rings (SSSR count). The maximum atomic E-state index is 12.7. The van der Waals surface area contributed by atoms with E-state index in [1.54, 1.807) is 0 Å². The number of hydrogen-bond acceptors (Lipinski definition) is 2. The van der Waals surface area contributed by atoms with Crippen LogP contribution in [-0.4, -0.2) is 11.5 Å². The first-order chi connectivity index (χ1) is 6.27. The molecular weight excluding hydrogens is 167 g/mol. The highest BCUT2D eigenvalue weighted by atomic mass is 19.1. The molecule has 0 aliphatic carbocycles. The Morgan fingerprint density at radius 3 is 3.00 bits per heavy atom. The van der Waals surface area contributed by atoms with Gasteiger partial charge in [0.05, 0.1) is 0 Å². The molecule has 1 atom stereocenters. The fourth-order valence-electron chi connectivity index (χ4n) is 1.86. The number of hydrogen-bond donors (Lipinski definition) is 1. The summed E-state index contributed by atoms with van der Waals surface area (Å²) in [5.41, 5.74) is 1.94. The molecule has 1 aromatic rings. The highest BCUT2D eigenvalue weighted by Gasteiger charge is 2.18. The fourth-order valence-corrected chi connectivity index (χ4v) is 1.86. The van der Waals surface area contributed by atoms with Gasteiger partial charge < -0.3 is 5.32 Å². The van der Waals surface area contributed by atoms with E-state index in [-0.39, 0.29) is 5.95 Å². The normalized spacial score (nSPS) is 22.2. The van der Waals surface area contributed by atoms with Crippen molar-refractivity contribution < 1.29 is 4.39 Å². The number of aromatic nitrogens is 1. The van der Waals surface area contributed by atoms with Gasteiger partial charge in [-0.25, -0.2) is 4.98 Å².